The fourth-order valence-electron chi connectivity index (χ4n) is 2.68. The SMILES string of the molecule is O=[N+]([O-])c1cccnc1Nc1cccc(Oc2nccc(-c3ccccc3)n2)c1. The lowest BCUT2D eigenvalue weighted by atomic mass is 10.1. The first-order chi connectivity index (χ1) is 14.2. The van der Waals surface area contributed by atoms with Crippen molar-refractivity contribution in [1.29, 1.82) is 0 Å². The summed E-state index contributed by atoms with van der Waals surface area (Å²) in [6.45, 7) is 0. The van der Waals surface area contributed by atoms with Crippen molar-refractivity contribution < 1.29 is 9.66 Å². The summed E-state index contributed by atoms with van der Waals surface area (Å²) in [5.41, 5.74) is 2.17. The van der Waals surface area contributed by atoms with Crippen LogP contribution in [0.15, 0.2) is 85.2 Å². The van der Waals surface area contributed by atoms with E-state index in [4.69, 9.17) is 4.74 Å². The van der Waals surface area contributed by atoms with E-state index >= 15 is 0 Å². The van der Waals surface area contributed by atoms with Crippen molar-refractivity contribution in [3.63, 3.8) is 0 Å². The number of pyridine rings is 1. The molecule has 1 N–H and O–H groups in total. The molecule has 2 aromatic heterocycles. The van der Waals surface area contributed by atoms with E-state index < -0.39 is 4.92 Å². The third kappa shape index (κ3) is 4.33. The molecule has 0 aliphatic rings. The summed E-state index contributed by atoms with van der Waals surface area (Å²) in [5.74, 6) is 0.635. The van der Waals surface area contributed by atoms with Gasteiger partial charge in [-0.25, -0.2) is 9.97 Å². The molecule has 142 valence electrons. The average molecular weight is 385 g/mol. The van der Waals surface area contributed by atoms with Crippen LogP contribution in [0.1, 0.15) is 0 Å². The van der Waals surface area contributed by atoms with E-state index in [0.717, 1.165) is 11.3 Å². The first kappa shape index (κ1) is 18.1. The maximum absolute atomic E-state index is 11.2. The molecule has 0 fully saturated rings. The molecule has 0 aliphatic heterocycles. The molecule has 0 spiro atoms. The fraction of sp³-hybridized carbons (Fsp3) is 0. The van der Waals surface area contributed by atoms with Crippen molar-refractivity contribution in [3.8, 4) is 23.0 Å². The van der Waals surface area contributed by atoms with E-state index in [1.807, 2.05) is 30.3 Å². The first-order valence-corrected chi connectivity index (χ1v) is 8.72. The Hall–Kier alpha value is -4.33. The van der Waals surface area contributed by atoms with Gasteiger partial charge >= 0.3 is 11.7 Å². The van der Waals surface area contributed by atoms with E-state index in [0.29, 0.717) is 11.4 Å². The summed E-state index contributed by atoms with van der Waals surface area (Å²) >= 11 is 0. The van der Waals surface area contributed by atoms with Gasteiger partial charge in [0.1, 0.15) is 5.75 Å². The number of hydrogen-bond acceptors (Lipinski definition) is 7. The van der Waals surface area contributed by atoms with Crippen LogP contribution in [0, 0.1) is 10.1 Å². The Balaban J connectivity index is 1.55. The van der Waals surface area contributed by atoms with Crippen LogP contribution in [0.4, 0.5) is 17.2 Å². The van der Waals surface area contributed by atoms with Gasteiger partial charge in [0, 0.05) is 35.8 Å². The molecule has 0 amide bonds. The van der Waals surface area contributed by atoms with Gasteiger partial charge in [0.05, 0.1) is 10.6 Å². The minimum atomic E-state index is -0.487. The molecule has 8 heteroatoms. The van der Waals surface area contributed by atoms with Crippen molar-refractivity contribution >= 4 is 17.2 Å². The monoisotopic (exact) mass is 385 g/mol. The van der Waals surface area contributed by atoms with E-state index in [-0.39, 0.29) is 17.5 Å². The van der Waals surface area contributed by atoms with Crippen LogP contribution in [0.25, 0.3) is 11.3 Å². The molecule has 8 nitrogen and oxygen atoms in total. The largest absolute Gasteiger partial charge is 0.424 e. The van der Waals surface area contributed by atoms with Crippen LogP contribution < -0.4 is 10.1 Å². The molecule has 0 atom stereocenters. The lowest BCUT2D eigenvalue weighted by Crippen LogP contribution is -1.99. The van der Waals surface area contributed by atoms with Crippen LogP contribution in [-0.2, 0) is 0 Å². The van der Waals surface area contributed by atoms with E-state index in [2.05, 4.69) is 20.3 Å². The van der Waals surface area contributed by atoms with Crippen molar-refractivity contribution in [2.24, 2.45) is 0 Å². The quantitative estimate of drug-likeness (QED) is 0.369. The molecule has 2 heterocycles. The third-order valence-corrected chi connectivity index (χ3v) is 3.99. The summed E-state index contributed by atoms with van der Waals surface area (Å²) in [7, 11) is 0. The number of anilines is 2. The van der Waals surface area contributed by atoms with Gasteiger partial charge in [0.2, 0.25) is 5.82 Å². The van der Waals surface area contributed by atoms with Gasteiger partial charge < -0.3 is 10.1 Å². The molecule has 0 aliphatic carbocycles. The molecule has 4 aromatic rings. The minimum Gasteiger partial charge on any atom is -0.424 e. The molecular weight excluding hydrogens is 370 g/mol. The number of ether oxygens (including phenoxy) is 1. The zero-order valence-corrected chi connectivity index (χ0v) is 15.1. The predicted octanol–water partition coefficient (Wildman–Crippen LogP) is 4.98. The molecule has 4 rings (SSSR count). The fourth-order valence-corrected chi connectivity index (χ4v) is 2.68. The maximum Gasteiger partial charge on any atom is 0.322 e. The zero-order valence-electron chi connectivity index (χ0n) is 15.1. The van der Waals surface area contributed by atoms with E-state index in [9.17, 15) is 10.1 Å². The van der Waals surface area contributed by atoms with Crippen LogP contribution in [0.5, 0.6) is 11.8 Å². The maximum atomic E-state index is 11.2. The highest BCUT2D eigenvalue weighted by molar-refractivity contribution is 5.66. The number of nitrogens with zero attached hydrogens (tertiary/aromatic N) is 4. The Labute approximate surface area is 166 Å². The highest BCUT2D eigenvalue weighted by Gasteiger charge is 2.14. The van der Waals surface area contributed by atoms with Gasteiger partial charge in [-0.1, -0.05) is 36.4 Å². The average Bonchev–Trinajstić information content (AvgIpc) is 2.75. The molecule has 0 radical (unpaired) electrons. The standard InChI is InChI=1S/C21H15N5O3/c27-26(28)19-10-5-12-22-20(19)24-16-8-4-9-17(14-16)29-21-23-13-11-18(25-21)15-6-2-1-3-7-15/h1-14H,(H,22,24). The summed E-state index contributed by atoms with van der Waals surface area (Å²) in [5, 5.41) is 14.1. The Morgan fingerprint density at radius 3 is 2.59 bits per heavy atom. The van der Waals surface area contributed by atoms with E-state index in [1.54, 1.807) is 36.5 Å². The summed E-state index contributed by atoms with van der Waals surface area (Å²) in [6.07, 6.45) is 3.11. The minimum absolute atomic E-state index is 0.113. The normalized spacial score (nSPS) is 10.3. The van der Waals surface area contributed by atoms with Gasteiger partial charge in [0.15, 0.2) is 0 Å². The second kappa shape index (κ2) is 8.13. The molecule has 29 heavy (non-hydrogen) atoms. The molecule has 0 saturated carbocycles. The Morgan fingerprint density at radius 2 is 1.76 bits per heavy atom. The molecule has 0 saturated heterocycles. The topological polar surface area (TPSA) is 103 Å². The lowest BCUT2D eigenvalue weighted by molar-refractivity contribution is -0.384. The molecule has 0 bridgehead atoms. The lowest BCUT2D eigenvalue weighted by Gasteiger charge is -2.09. The number of hydrogen-bond donors (Lipinski definition) is 1. The zero-order chi connectivity index (χ0) is 20.1. The highest BCUT2D eigenvalue weighted by atomic mass is 16.6. The van der Waals surface area contributed by atoms with Crippen molar-refractivity contribution in [2.75, 3.05) is 5.32 Å². The Morgan fingerprint density at radius 1 is 0.897 bits per heavy atom. The molecule has 2 aromatic carbocycles. The van der Waals surface area contributed by atoms with Gasteiger partial charge in [-0.05, 0) is 24.3 Å². The van der Waals surface area contributed by atoms with Crippen LogP contribution in [-0.4, -0.2) is 19.9 Å². The van der Waals surface area contributed by atoms with Crippen LogP contribution >= 0.6 is 0 Å². The number of benzene rings is 2. The number of aromatic nitrogens is 3. The van der Waals surface area contributed by atoms with Gasteiger partial charge in [0.25, 0.3) is 0 Å². The van der Waals surface area contributed by atoms with Crippen molar-refractivity contribution in [3.05, 3.63) is 95.3 Å². The summed E-state index contributed by atoms with van der Waals surface area (Å²) in [4.78, 5) is 23.3. The van der Waals surface area contributed by atoms with E-state index in [1.165, 1.54) is 18.3 Å². The molecular formula is C21H15N5O3. The second-order valence-corrected chi connectivity index (χ2v) is 5.97. The second-order valence-electron chi connectivity index (χ2n) is 5.97. The number of rotatable bonds is 6. The summed E-state index contributed by atoms with van der Waals surface area (Å²) < 4.78 is 5.78. The van der Waals surface area contributed by atoms with Crippen LogP contribution in [0.2, 0.25) is 0 Å². The third-order valence-electron chi connectivity index (χ3n) is 3.99. The first-order valence-electron chi connectivity index (χ1n) is 8.72. The van der Waals surface area contributed by atoms with Gasteiger partial charge in [-0.3, -0.25) is 10.1 Å². The number of nitrogens with one attached hydrogen (secondary N) is 1. The Bertz CT molecular complexity index is 1150. The van der Waals surface area contributed by atoms with Crippen molar-refractivity contribution in [2.45, 2.75) is 0 Å². The van der Waals surface area contributed by atoms with Gasteiger partial charge in [-0.15, -0.1) is 0 Å². The van der Waals surface area contributed by atoms with Gasteiger partial charge in [-0.2, -0.15) is 4.98 Å². The summed E-state index contributed by atoms with van der Waals surface area (Å²) in [6, 6.07) is 21.6. The predicted molar refractivity (Wildman–Crippen MR) is 108 cm³/mol. The smallest absolute Gasteiger partial charge is 0.322 e. The Kier molecular flexibility index (Phi) is 5.06. The highest BCUT2D eigenvalue weighted by Crippen LogP contribution is 2.28. The van der Waals surface area contributed by atoms with Crippen molar-refractivity contribution in [1.82, 2.24) is 15.0 Å². The molecule has 0 unspecified atom stereocenters. The van der Waals surface area contributed by atoms with Crippen LogP contribution in [0.3, 0.4) is 0 Å². The number of nitro groups is 1.